The van der Waals surface area contributed by atoms with Crippen LogP contribution in [0.1, 0.15) is 5.56 Å². The molecule has 0 atom stereocenters. The van der Waals surface area contributed by atoms with Crippen LogP contribution in [0.25, 0.3) is 11.1 Å². The summed E-state index contributed by atoms with van der Waals surface area (Å²) in [5.74, 6) is -0.687. The van der Waals surface area contributed by atoms with Crippen molar-refractivity contribution in [1.29, 1.82) is 0 Å². The number of benzene rings is 2. The molecule has 0 aliphatic rings. The highest BCUT2D eigenvalue weighted by Gasteiger charge is 2.06. The van der Waals surface area contributed by atoms with Crippen molar-refractivity contribution >= 4 is 11.6 Å². The van der Waals surface area contributed by atoms with E-state index in [0.29, 0.717) is 22.7 Å². The number of hydrogen-bond acceptors (Lipinski definition) is 1. The Morgan fingerprint density at radius 2 is 1.83 bits per heavy atom. The molecule has 0 aliphatic carbocycles. The van der Waals surface area contributed by atoms with Gasteiger partial charge in [0, 0.05) is 17.1 Å². The Labute approximate surface area is 109 Å². The lowest BCUT2D eigenvalue weighted by Crippen LogP contribution is -2.07. The summed E-state index contributed by atoms with van der Waals surface area (Å²) in [7, 11) is 1.74. The maximum absolute atomic E-state index is 13.5. The average molecular weight is 268 g/mol. The van der Waals surface area contributed by atoms with Gasteiger partial charge in [-0.15, -0.1) is 0 Å². The van der Waals surface area contributed by atoms with Crippen LogP contribution in [-0.4, -0.2) is 7.05 Å². The van der Waals surface area contributed by atoms with Gasteiger partial charge in [0.1, 0.15) is 11.6 Å². The molecule has 0 unspecified atom stereocenters. The standard InChI is InChI=1S/C14H12ClF2N/c1-18-8-11-4-9(2-3-14(11)17)10-5-12(15)7-13(16)6-10/h2-7,18H,8H2,1H3. The summed E-state index contributed by atoms with van der Waals surface area (Å²) < 4.78 is 26.8. The van der Waals surface area contributed by atoms with Gasteiger partial charge in [-0.1, -0.05) is 17.7 Å². The molecule has 94 valence electrons. The molecular weight excluding hydrogens is 256 g/mol. The molecule has 0 aliphatic heterocycles. The van der Waals surface area contributed by atoms with Gasteiger partial charge in [-0.2, -0.15) is 0 Å². The van der Waals surface area contributed by atoms with Gasteiger partial charge in [0.05, 0.1) is 0 Å². The Balaban J connectivity index is 2.47. The zero-order valence-corrected chi connectivity index (χ0v) is 10.6. The van der Waals surface area contributed by atoms with Crippen molar-refractivity contribution < 1.29 is 8.78 Å². The highest BCUT2D eigenvalue weighted by atomic mass is 35.5. The monoisotopic (exact) mass is 267 g/mol. The molecule has 18 heavy (non-hydrogen) atoms. The Hall–Kier alpha value is -1.45. The first-order valence-electron chi connectivity index (χ1n) is 5.49. The average Bonchev–Trinajstić information content (AvgIpc) is 2.31. The van der Waals surface area contributed by atoms with Crippen molar-refractivity contribution in [3.63, 3.8) is 0 Å². The highest BCUT2D eigenvalue weighted by Crippen LogP contribution is 2.26. The smallest absolute Gasteiger partial charge is 0.127 e. The fraction of sp³-hybridized carbons (Fsp3) is 0.143. The van der Waals surface area contributed by atoms with Gasteiger partial charge < -0.3 is 5.32 Å². The molecule has 4 heteroatoms. The minimum Gasteiger partial charge on any atom is -0.316 e. The molecule has 0 spiro atoms. The minimum atomic E-state index is -0.406. The van der Waals surface area contributed by atoms with Crippen molar-refractivity contribution in [3.05, 3.63) is 58.6 Å². The van der Waals surface area contributed by atoms with Crippen LogP contribution in [0.2, 0.25) is 5.02 Å². The fourth-order valence-corrected chi connectivity index (χ4v) is 2.02. The Bertz CT molecular complexity index is 549. The summed E-state index contributed by atoms with van der Waals surface area (Å²) in [6, 6.07) is 8.95. The zero-order chi connectivity index (χ0) is 13.1. The first-order valence-corrected chi connectivity index (χ1v) is 5.87. The molecule has 1 nitrogen and oxygen atoms in total. The molecule has 0 heterocycles. The first-order chi connectivity index (χ1) is 8.60. The number of halogens is 3. The lowest BCUT2D eigenvalue weighted by Gasteiger charge is -2.07. The van der Waals surface area contributed by atoms with Crippen molar-refractivity contribution in [2.24, 2.45) is 0 Å². The molecule has 0 bridgehead atoms. The van der Waals surface area contributed by atoms with E-state index in [1.807, 2.05) is 0 Å². The number of rotatable bonds is 3. The maximum Gasteiger partial charge on any atom is 0.127 e. The summed E-state index contributed by atoms with van der Waals surface area (Å²) in [4.78, 5) is 0. The Morgan fingerprint density at radius 3 is 2.50 bits per heavy atom. The molecule has 0 amide bonds. The van der Waals surface area contributed by atoms with Crippen LogP contribution in [0.15, 0.2) is 36.4 Å². The predicted molar refractivity (Wildman–Crippen MR) is 69.6 cm³/mol. The van der Waals surface area contributed by atoms with Crippen LogP contribution >= 0.6 is 11.6 Å². The van der Waals surface area contributed by atoms with Gasteiger partial charge in [0.25, 0.3) is 0 Å². The van der Waals surface area contributed by atoms with Gasteiger partial charge in [-0.25, -0.2) is 8.78 Å². The first kappa shape index (κ1) is 13.0. The van der Waals surface area contributed by atoms with Crippen molar-refractivity contribution in [2.75, 3.05) is 7.05 Å². The predicted octanol–water partition coefficient (Wildman–Crippen LogP) is 4.00. The van der Waals surface area contributed by atoms with Crippen LogP contribution in [0.3, 0.4) is 0 Å². The molecule has 0 saturated carbocycles. The van der Waals surface area contributed by atoms with Crippen LogP contribution in [0.4, 0.5) is 8.78 Å². The van der Waals surface area contributed by atoms with Gasteiger partial charge in [-0.05, 0) is 48.5 Å². The fourth-order valence-electron chi connectivity index (χ4n) is 1.80. The van der Waals surface area contributed by atoms with E-state index in [2.05, 4.69) is 5.32 Å². The summed E-state index contributed by atoms with van der Waals surface area (Å²) in [6.07, 6.45) is 0. The molecule has 2 rings (SSSR count). The van der Waals surface area contributed by atoms with E-state index in [-0.39, 0.29) is 5.82 Å². The third-order valence-electron chi connectivity index (χ3n) is 2.61. The summed E-state index contributed by atoms with van der Waals surface area (Å²) in [6.45, 7) is 0.419. The highest BCUT2D eigenvalue weighted by molar-refractivity contribution is 6.30. The number of nitrogens with one attached hydrogen (secondary N) is 1. The van der Waals surface area contributed by atoms with Crippen molar-refractivity contribution in [3.8, 4) is 11.1 Å². The molecule has 0 radical (unpaired) electrons. The van der Waals surface area contributed by atoms with E-state index in [4.69, 9.17) is 11.6 Å². The molecule has 0 fully saturated rings. The largest absolute Gasteiger partial charge is 0.316 e. The van der Waals surface area contributed by atoms with Crippen LogP contribution < -0.4 is 5.32 Å². The third kappa shape index (κ3) is 2.86. The van der Waals surface area contributed by atoms with E-state index < -0.39 is 5.82 Å². The van der Waals surface area contributed by atoms with Crippen LogP contribution in [0.5, 0.6) is 0 Å². The van der Waals surface area contributed by atoms with E-state index in [0.717, 1.165) is 5.56 Å². The van der Waals surface area contributed by atoms with Crippen LogP contribution in [-0.2, 0) is 6.54 Å². The van der Waals surface area contributed by atoms with E-state index in [1.54, 1.807) is 25.2 Å². The second kappa shape index (κ2) is 5.46. The van der Waals surface area contributed by atoms with E-state index >= 15 is 0 Å². The van der Waals surface area contributed by atoms with Crippen molar-refractivity contribution in [2.45, 2.75) is 6.54 Å². The Kier molecular flexibility index (Phi) is 3.94. The topological polar surface area (TPSA) is 12.0 Å². The lowest BCUT2D eigenvalue weighted by molar-refractivity contribution is 0.601. The second-order valence-electron chi connectivity index (χ2n) is 3.99. The van der Waals surface area contributed by atoms with Gasteiger partial charge in [-0.3, -0.25) is 0 Å². The molecular formula is C14H12ClF2N. The van der Waals surface area contributed by atoms with Crippen molar-refractivity contribution in [1.82, 2.24) is 5.32 Å². The normalized spacial score (nSPS) is 10.7. The molecule has 0 aromatic heterocycles. The van der Waals surface area contributed by atoms with Gasteiger partial charge in [0.2, 0.25) is 0 Å². The molecule has 0 saturated heterocycles. The van der Waals surface area contributed by atoms with Gasteiger partial charge >= 0.3 is 0 Å². The second-order valence-corrected chi connectivity index (χ2v) is 4.43. The van der Waals surface area contributed by atoms with Crippen LogP contribution in [0, 0.1) is 11.6 Å². The Morgan fingerprint density at radius 1 is 1.06 bits per heavy atom. The lowest BCUT2D eigenvalue weighted by atomic mass is 10.0. The molecule has 2 aromatic rings. The van der Waals surface area contributed by atoms with E-state index in [1.165, 1.54) is 18.2 Å². The summed E-state index contributed by atoms with van der Waals surface area (Å²) in [5.41, 5.74) is 1.91. The summed E-state index contributed by atoms with van der Waals surface area (Å²) in [5, 5.41) is 3.21. The SMILES string of the molecule is CNCc1cc(-c2cc(F)cc(Cl)c2)ccc1F. The van der Waals surface area contributed by atoms with Gasteiger partial charge in [0.15, 0.2) is 0 Å². The number of hydrogen-bond donors (Lipinski definition) is 1. The van der Waals surface area contributed by atoms with E-state index in [9.17, 15) is 8.78 Å². The summed E-state index contributed by atoms with van der Waals surface area (Å²) >= 11 is 5.81. The zero-order valence-electron chi connectivity index (χ0n) is 9.81. The quantitative estimate of drug-likeness (QED) is 0.886. The molecule has 1 N–H and O–H groups in total. The third-order valence-corrected chi connectivity index (χ3v) is 2.83. The molecule has 2 aromatic carbocycles. The minimum absolute atomic E-state index is 0.282. The maximum atomic E-state index is 13.5.